The van der Waals surface area contributed by atoms with E-state index in [1.165, 1.54) is 6.07 Å². The van der Waals surface area contributed by atoms with Gasteiger partial charge in [0.1, 0.15) is 11.3 Å². The third kappa shape index (κ3) is 1.27. The van der Waals surface area contributed by atoms with Gasteiger partial charge in [-0.1, -0.05) is 12.1 Å². The molecule has 1 aromatic carbocycles. The molecule has 0 radical (unpaired) electrons. The number of fused-ring (bicyclic) bond motifs is 1. The molecular formula is C9H9FN4. The van der Waals surface area contributed by atoms with Crippen LogP contribution >= 0.6 is 0 Å². The largest absolute Gasteiger partial charge is 0.368 e. The summed E-state index contributed by atoms with van der Waals surface area (Å²) in [6.07, 6.45) is 0. The number of nitrogens with two attached hydrogens (primary N) is 2. The van der Waals surface area contributed by atoms with Crippen LogP contribution in [0.25, 0.3) is 10.9 Å². The first-order valence-corrected chi connectivity index (χ1v) is 4.13. The van der Waals surface area contributed by atoms with E-state index in [0.29, 0.717) is 11.1 Å². The summed E-state index contributed by atoms with van der Waals surface area (Å²) in [4.78, 5) is 7.76. The highest BCUT2D eigenvalue weighted by Crippen LogP contribution is 2.18. The summed E-state index contributed by atoms with van der Waals surface area (Å²) in [7, 11) is 0. The minimum atomic E-state index is -0.411. The van der Waals surface area contributed by atoms with Crippen LogP contribution in [0.2, 0.25) is 0 Å². The second kappa shape index (κ2) is 3.19. The lowest BCUT2D eigenvalue weighted by atomic mass is 10.2. The summed E-state index contributed by atoms with van der Waals surface area (Å²) in [5.74, 6) is -0.366. The molecule has 1 aromatic heterocycles. The zero-order valence-electron chi connectivity index (χ0n) is 7.37. The fourth-order valence-electron chi connectivity index (χ4n) is 1.36. The Morgan fingerprint density at radius 3 is 2.79 bits per heavy atom. The second-order valence-electron chi connectivity index (χ2n) is 2.87. The van der Waals surface area contributed by atoms with Crippen LogP contribution in [0.4, 0.5) is 10.3 Å². The average molecular weight is 192 g/mol. The van der Waals surface area contributed by atoms with Crippen LogP contribution < -0.4 is 11.5 Å². The lowest BCUT2D eigenvalue weighted by Crippen LogP contribution is -2.06. The number of hydrogen-bond acceptors (Lipinski definition) is 4. The van der Waals surface area contributed by atoms with Crippen molar-refractivity contribution in [3.05, 3.63) is 29.7 Å². The number of benzene rings is 1. The number of para-hydroxylation sites is 1. The van der Waals surface area contributed by atoms with E-state index in [9.17, 15) is 4.39 Å². The Morgan fingerprint density at radius 1 is 1.29 bits per heavy atom. The monoisotopic (exact) mass is 192 g/mol. The van der Waals surface area contributed by atoms with Crippen molar-refractivity contribution in [3.8, 4) is 0 Å². The molecule has 2 rings (SSSR count). The molecular weight excluding hydrogens is 183 g/mol. The molecule has 4 N–H and O–H groups in total. The molecule has 1 heterocycles. The van der Waals surface area contributed by atoms with Crippen LogP contribution in [0.3, 0.4) is 0 Å². The summed E-state index contributed by atoms with van der Waals surface area (Å²) in [6.45, 7) is 0.215. The van der Waals surface area contributed by atoms with Gasteiger partial charge < -0.3 is 11.5 Å². The number of halogens is 1. The van der Waals surface area contributed by atoms with E-state index < -0.39 is 5.82 Å². The standard InChI is InChI=1S/C9H9FN4/c10-6-3-1-2-5-7(4-11)13-9(12)14-8(5)6/h1-3H,4,11H2,(H2,12,13,14). The van der Waals surface area contributed by atoms with Gasteiger partial charge in [-0.2, -0.15) is 0 Å². The molecule has 5 heteroatoms. The van der Waals surface area contributed by atoms with Crippen molar-refractivity contribution in [2.45, 2.75) is 6.54 Å². The van der Waals surface area contributed by atoms with Crippen LogP contribution in [-0.4, -0.2) is 9.97 Å². The smallest absolute Gasteiger partial charge is 0.220 e. The maximum Gasteiger partial charge on any atom is 0.220 e. The zero-order valence-corrected chi connectivity index (χ0v) is 7.37. The summed E-state index contributed by atoms with van der Waals surface area (Å²) in [5.41, 5.74) is 11.7. The first kappa shape index (κ1) is 8.83. The quantitative estimate of drug-likeness (QED) is 0.700. The predicted octanol–water partition coefficient (Wildman–Crippen LogP) is 0.810. The molecule has 0 aliphatic carbocycles. The average Bonchev–Trinajstić information content (AvgIpc) is 2.18. The van der Waals surface area contributed by atoms with Gasteiger partial charge in [0.2, 0.25) is 5.95 Å². The van der Waals surface area contributed by atoms with Gasteiger partial charge in [-0.05, 0) is 6.07 Å². The summed E-state index contributed by atoms with van der Waals surface area (Å²) >= 11 is 0. The third-order valence-electron chi connectivity index (χ3n) is 1.97. The van der Waals surface area contributed by atoms with Crippen molar-refractivity contribution < 1.29 is 4.39 Å². The Balaban J connectivity index is 2.87. The van der Waals surface area contributed by atoms with Crippen molar-refractivity contribution >= 4 is 16.9 Å². The van der Waals surface area contributed by atoms with Gasteiger partial charge >= 0.3 is 0 Å². The lowest BCUT2D eigenvalue weighted by Gasteiger charge is -2.04. The van der Waals surface area contributed by atoms with Crippen LogP contribution in [0.1, 0.15) is 5.69 Å². The minimum Gasteiger partial charge on any atom is -0.368 e. The topological polar surface area (TPSA) is 77.8 Å². The number of anilines is 1. The summed E-state index contributed by atoms with van der Waals surface area (Å²) < 4.78 is 13.3. The second-order valence-corrected chi connectivity index (χ2v) is 2.87. The molecule has 14 heavy (non-hydrogen) atoms. The molecule has 0 spiro atoms. The highest BCUT2D eigenvalue weighted by Gasteiger charge is 2.07. The van der Waals surface area contributed by atoms with E-state index in [4.69, 9.17) is 11.5 Å². The van der Waals surface area contributed by atoms with Crippen molar-refractivity contribution in [1.29, 1.82) is 0 Å². The van der Waals surface area contributed by atoms with E-state index in [1.807, 2.05) is 0 Å². The molecule has 0 aliphatic heterocycles. The van der Waals surface area contributed by atoms with Crippen LogP contribution in [0.5, 0.6) is 0 Å². The first-order chi connectivity index (χ1) is 6.72. The molecule has 0 atom stereocenters. The minimum absolute atomic E-state index is 0.0445. The number of rotatable bonds is 1. The molecule has 0 saturated heterocycles. The molecule has 0 amide bonds. The number of nitrogen functional groups attached to an aromatic ring is 1. The SMILES string of the molecule is NCc1nc(N)nc2c(F)cccc12. The maximum absolute atomic E-state index is 13.3. The predicted molar refractivity (Wildman–Crippen MR) is 51.8 cm³/mol. The molecule has 0 bridgehead atoms. The molecule has 2 aromatic rings. The van der Waals surface area contributed by atoms with E-state index >= 15 is 0 Å². The van der Waals surface area contributed by atoms with Crippen molar-refractivity contribution in [1.82, 2.24) is 9.97 Å². The molecule has 0 fully saturated rings. The van der Waals surface area contributed by atoms with E-state index in [0.717, 1.165) is 0 Å². The Kier molecular flexibility index (Phi) is 2.01. The van der Waals surface area contributed by atoms with E-state index in [-0.39, 0.29) is 18.0 Å². The van der Waals surface area contributed by atoms with Gasteiger partial charge in [0.25, 0.3) is 0 Å². The number of aromatic nitrogens is 2. The molecule has 0 aliphatic rings. The maximum atomic E-state index is 13.3. The van der Waals surface area contributed by atoms with Crippen LogP contribution in [-0.2, 0) is 6.54 Å². The van der Waals surface area contributed by atoms with Crippen LogP contribution in [0, 0.1) is 5.82 Å². The fraction of sp³-hybridized carbons (Fsp3) is 0.111. The summed E-state index contributed by atoms with van der Waals surface area (Å²) in [6, 6.07) is 4.64. The third-order valence-corrected chi connectivity index (χ3v) is 1.97. The fourth-order valence-corrected chi connectivity index (χ4v) is 1.36. The van der Waals surface area contributed by atoms with Gasteiger partial charge in [0.15, 0.2) is 0 Å². The Hall–Kier alpha value is -1.75. The van der Waals surface area contributed by atoms with Gasteiger partial charge in [-0.15, -0.1) is 0 Å². The first-order valence-electron chi connectivity index (χ1n) is 4.13. The Labute approximate surface area is 79.8 Å². The highest BCUT2D eigenvalue weighted by molar-refractivity contribution is 5.82. The van der Waals surface area contributed by atoms with Crippen LogP contribution in [0.15, 0.2) is 18.2 Å². The van der Waals surface area contributed by atoms with Gasteiger partial charge in [-0.3, -0.25) is 0 Å². The lowest BCUT2D eigenvalue weighted by molar-refractivity contribution is 0.636. The molecule has 4 nitrogen and oxygen atoms in total. The van der Waals surface area contributed by atoms with Gasteiger partial charge in [0, 0.05) is 11.9 Å². The van der Waals surface area contributed by atoms with Gasteiger partial charge in [-0.25, -0.2) is 14.4 Å². The molecule has 0 saturated carbocycles. The number of hydrogen-bond donors (Lipinski definition) is 2. The number of nitrogens with zero attached hydrogens (tertiary/aromatic N) is 2. The van der Waals surface area contributed by atoms with Crippen molar-refractivity contribution in [3.63, 3.8) is 0 Å². The van der Waals surface area contributed by atoms with E-state index in [1.54, 1.807) is 12.1 Å². The van der Waals surface area contributed by atoms with Crippen molar-refractivity contribution in [2.24, 2.45) is 5.73 Å². The zero-order chi connectivity index (χ0) is 10.1. The van der Waals surface area contributed by atoms with Gasteiger partial charge in [0.05, 0.1) is 5.69 Å². The Bertz CT molecular complexity index is 483. The highest BCUT2D eigenvalue weighted by atomic mass is 19.1. The van der Waals surface area contributed by atoms with Crippen molar-refractivity contribution in [2.75, 3.05) is 5.73 Å². The summed E-state index contributed by atoms with van der Waals surface area (Å²) in [5, 5.41) is 0.613. The Morgan fingerprint density at radius 2 is 2.07 bits per heavy atom. The molecule has 72 valence electrons. The normalized spacial score (nSPS) is 10.7. The van der Waals surface area contributed by atoms with E-state index in [2.05, 4.69) is 9.97 Å². The molecule has 0 unspecified atom stereocenters.